The first-order valence-corrected chi connectivity index (χ1v) is 8.57. The minimum absolute atomic E-state index is 0.0589. The molecular formula is C17H21N4O4S+. The molecule has 0 saturated carbocycles. The zero-order valence-corrected chi connectivity index (χ0v) is 15.6. The SMILES string of the molecule is Cc1cccc(OCC(O)CN2C(=S)[NH+]=C3C2C(=O)N(C)C(=O)N3C)c1. The summed E-state index contributed by atoms with van der Waals surface area (Å²) in [4.78, 5) is 31.4. The number of imide groups is 1. The second-order valence-electron chi connectivity index (χ2n) is 6.39. The van der Waals surface area contributed by atoms with Crippen LogP contribution < -0.4 is 9.73 Å². The number of likely N-dealkylation sites (N-methyl/N-ethyl adjacent to an activating group) is 2. The van der Waals surface area contributed by atoms with Crippen LogP contribution in [0.3, 0.4) is 0 Å². The summed E-state index contributed by atoms with van der Waals surface area (Å²) in [5, 5.41) is 10.6. The molecule has 0 radical (unpaired) electrons. The van der Waals surface area contributed by atoms with Crippen molar-refractivity contribution >= 4 is 35.1 Å². The van der Waals surface area contributed by atoms with Crippen molar-refractivity contribution in [2.45, 2.75) is 19.1 Å². The number of fused-ring (bicyclic) bond motifs is 1. The molecule has 2 N–H and O–H groups in total. The van der Waals surface area contributed by atoms with Gasteiger partial charge in [-0.15, -0.1) is 0 Å². The minimum atomic E-state index is -0.865. The molecule has 0 aliphatic carbocycles. The van der Waals surface area contributed by atoms with Gasteiger partial charge in [0.1, 0.15) is 18.5 Å². The van der Waals surface area contributed by atoms with Crippen LogP contribution in [0.5, 0.6) is 5.75 Å². The standard InChI is InChI=1S/C17H20N4O4S/c1-10-5-4-6-12(7-10)25-9-11(22)8-21-13-14(18-16(21)26)19(2)17(24)20(3)15(13)23/h4-7,11,13,22H,8-9H2,1-3H3/p+1. The van der Waals surface area contributed by atoms with Crippen LogP contribution in [0.2, 0.25) is 0 Å². The molecule has 3 amide bonds. The summed E-state index contributed by atoms with van der Waals surface area (Å²) in [6.07, 6.45) is -0.865. The highest BCUT2D eigenvalue weighted by Gasteiger charge is 2.54. The lowest BCUT2D eigenvalue weighted by molar-refractivity contribution is -0.320. The van der Waals surface area contributed by atoms with Gasteiger partial charge in [-0.2, -0.15) is 0 Å². The summed E-state index contributed by atoms with van der Waals surface area (Å²) in [6, 6.07) is 6.35. The molecule has 2 aliphatic rings. The largest absolute Gasteiger partial charge is 0.491 e. The smallest absolute Gasteiger partial charge is 0.388 e. The van der Waals surface area contributed by atoms with Crippen molar-refractivity contribution in [3.63, 3.8) is 0 Å². The molecule has 1 aromatic carbocycles. The fourth-order valence-corrected chi connectivity index (χ4v) is 3.29. The number of aliphatic hydroxyl groups is 1. The van der Waals surface area contributed by atoms with E-state index in [0.717, 1.165) is 10.5 Å². The van der Waals surface area contributed by atoms with E-state index in [1.807, 2.05) is 31.2 Å². The van der Waals surface area contributed by atoms with E-state index in [0.29, 0.717) is 16.7 Å². The lowest BCUT2D eigenvalue weighted by Gasteiger charge is -2.31. The molecule has 2 heterocycles. The number of hydrogen-bond donors (Lipinski definition) is 2. The van der Waals surface area contributed by atoms with Crippen LogP contribution in [0.25, 0.3) is 0 Å². The Labute approximate surface area is 156 Å². The monoisotopic (exact) mass is 377 g/mol. The van der Waals surface area contributed by atoms with Gasteiger partial charge in [-0.1, -0.05) is 12.1 Å². The molecule has 1 fully saturated rings. The molecular weight excluding hydrogens is 356 g/mol. The van der Waals surface area contributed by atoms with Gasteiger partial charge in [-0.3, -0.25) is 14.6 Å². The fourth-order valence-electron chi connectivity index (χ4n) is 3.00. The van der Waals surface area contributed by atoms with Gasteiger partial charge < -0.3 is 9.84 Å². The molecule has 2 aliphatic heterocycles. The Kier molecular flexibility index (Phi) is 4.92. The summed E-state index contributed by atoms with van der Waals surface area (Å²) in [5.41, 5.74) is 1.06. The van der Waals surface area contributed by atoms with Gasteiger partial charge in [0.15, 0.2) is 0 Å². The van der Waals surface area contributed by atoms with E-state index in [4.69, 9.17) is 17.0 Å². The molecule has 1 aromatic rings. The van der Waals surface area contributed by atoms with Gasteiger partial charge in [-0.05, 0) is 36.8 Å². The number of aliphatic hydroxyl groups excluding tert-OH is 1. The van der Waals surface area contributed by atoms with Crippen molar-refractivity contribution < 1.29 is 24.4 Å². The zero-order chi connectivity index (χ0) is 19.0. The fraction of sp³-hybridized carbons (Fsp3) is 0.412. The predicted octanol–water partition coefficient (Wildman–Crippen LogP) is -1.29. The van der Waals surface area contributed by atoms with Crippen LogP contribution in [-0.4, -0.2) is 82.1 Å². The van der Waals surface area contributed by atoms with E-state index >= 15 is 0 Å². The van der Waals surface area contributed by atoms with E-state index in [-0.39, 0.29) is 19.1 Å². The number of thiocarbonyl (C=S) groups is 1. The Morgan fingerprint density at radius 3 is 2.73 bits per heavy atom. The second kappa shape index (κ2) is 7.00. The van der Waals surface area contributed by atoms with E-state index in [1.165, 1.54) is 11.9 Å². The highest BCUT2D eigenvalue weighted by molar-refractivity contribution is 7.79. The van der Waals surface area contributed by atoms with Gasteiger partial charge in [0, 0.05) is 7.05 Å². The quantitative estimate of drug-likeness (QED) is 0.621. The molecule has 0 aromatic heterocycles. The van der Waals surface area contributed by atoms with Crippen molar-refractivity contribution in [2.75, 3.05) is 27.2 Å². The lowest BCUT2D eigenvalue weighted by Crippen LogP contribution is -2.79. The maximum Gasteiger partial charge on any atom is 0.388 e. The second-order valence-corrected chi connectivity index (χ2v) is 6.78. The number of ether oxygens (including phenoxy) is 1. The van der Waals surface area contributed by atoms with Crippen LogP contribution >= 0.6 is 12.2 Å². The van der Waals surface area contributed by atoms with Gasteiger partial charge >= 0.3 is 6.03 Å². The third kappa shape index (κ3) is 3.27. The number of aryl methyl sites for hydroxylation is 1. The minimum Gasteiger partial charge on any atom is -0.491 e. The van der Waals surface area contributed by atoms with Gasteiger partial charge in [0.05, 0.1) is 13.6 Å². The van der Waals surface area contributed by atoms with Gasteiger partial charge in [0.25, 0.3) is 16.9 Å². The van der Waals surface area contributed by atoms with Gasteiger partial charge in [-0.25, -0.2) is 14.7 Å². The highest BCUT2D eigenvalue weighted by Crippen LogP contribution is 2.17. The first-order chi connectivity index (χ1) is 12.3. The molecule has 8 nitrogen and oxygen atoms in total. The molecule has 138 valence electrons. The number of β-amino-alcohol motifs (C(OH)–C–C–N with tert-alkyl or cyclic N) is 1. The topological polar surface area (TPSA) is 87.3 Å². The molecule has 2 atom stereocenters. The number of urea groups is 1. The number of nitrogens with zero attached hydrogens (tertiary/aromatic N) is 3. The number of rotatable bonds is 5. The summed E-state index contributed by atoms with van der Waals surface area (Å²) >= 11 is 5.28. The molecule has 3 rings (SSSR count). The molecule has 0 spiro atoms. The molecule has 2 unspecified atom stereocenters. The number of benzene rings is 1. The van der Waals surface area contributed by atoms with Crippen LogP contribution in [0.15, 0.2) is 24.3 Å². The van der Waals surface area contributed by atoms with E-state index in [9.17, 15) is 14.7 Å². The normalized spacial score (nSPS) is 21.1. The Bertz CT molecular complexity index is 797. The Morgan fingerprint density at radius 2 is 2.04 bits per heavy atom. The van der Waals surface area contributed by atoms with E-state index < -0.39 is 18.2 Å². The maximum atomic E-state index is 12.5. The maximum absolute atomic E-state index is 12.5. The highest BCUT2D eigenvalue weighted by atomic mass is 32.1. The van der Waals surface area contributed by atoms with Crippen molar-refractivity contribution in [3.8, 4) is 5.75 Å². The molecule has 0 bridgehead atoms. The van der Waals surface area contributed by atoms with Crippen LogP contribution in [0, 0.1) is 6.92 Å². The molecule has 9 heteroatoms. The number of amidine groups is 1. The van der Waals surface area contributed by atoms with E-state index in [1.54, 1.807) is 11.9 Å². The average molecular weight is 377 g/mol. The molecule has 26 heavy (non-hydrogen) atoms. The van der Waals surface area contributed by atoms with Crippen LogP contribution in [0.4, 0.5) is 4.79 Å². The Hall–Kier alpha value is -2.52. The zero-order valence-electron chi connectivity index (χ0n) is 14.8. The predicted molar refractivity (Wildman–Crippen MR) is 97.7 cm³/mol. The average Bonchev–Trinajstić information content (AvgIpc) is 2.93. The van der Waals surface area contributed by atoms with Crippen molar-refractivity contribution in [1.29, 1.82) is 0 Å². The number of amides is 3. The lowest BCUT2D eigenvalue weighted by atomic mass is 10.1. The van der Waals surface area contributed by atoms with Crippen LogP contribution in [0.1, 0.15) is 5.56 Å². The third-order valence-electron chi connectivity index (χ3n) is 4.41. The summed E-state index contributed by atoms with van der Waals surface area (Å²) in [6.45, 7) is 2.12. The third-order valence-corrected chi connectivity index (χ3v) is 4.74. The molecule has 1 saturated heterocycles. The first kappa shape index (κ1) is 18.3. The summed E-state index contributed by atoms with van der Waals surface area (Å²) < 4.78 is 5.61. The summed E-state index contributed by atoms with van der Waals surface area (Å²) in [7, 11) is 3.00. The number of carbonyl (C=O) groups is 2. The van der Waals surface area contributed by atoms with Crippen molar-refractivity contribution in [3.05, 3.63) is 29.8 Å². The Morgan fingerprint density at radius 1 is 1.31 bits per heavy atom. The summed E-state index contributed by atoms with van der Waals surface area (Å²) in [5.74, 6) is 0.689. The van der Waals surface area contributed by atoms with Crippen molar-refractivity contribution in [2.24, 2.45) is 0 Å². The van der Waals surface area contributed by atoms with Crippen LogP contribution in [-0.2, 0) is 4.79 Å². The number of carbonyl (C=O) groups excluding carboxylic acids is 2. The number of nitrogens with one attached hydrogen (secondary N) is 1. The van der Waals surface area contributed by atoms with E-state index in [2.05, 4.69) is 4.99 Å². The van der Waals surface area contributed by atoms with Crippen molar-refractivity contribution in [1.82, 2.24) is 14.7 Å². The Balaban J connectivity index is 1.67. The van der Waals surface area contributed by atoms with Gasteiger partial charge in [0.2, 0.25) is 6.04 Å². The number of hydrogen-bond acceptors (Lipinski definition) is 5. The first-order valence-electron chi connectivity index (χ1n) is 8.17.